The highest BCUT2D eigenvalue weighted by atomic mass is 32.2. The molecule has 1 aliphatic heterocycles. The molecule has 0 saturated carbocycles. The Bertz CT molecular complexity index is 1440. The number of rotatable bonds is 5. The molecular formula is C25H22N2O5S. The monoisotopic (exact) mass is 462 g/mol. The summed E-state index contributed by atoms with van der Waals surface area (Å²) in [6.07, 6.45) is 0. The third-order valence-electron chi connectivity index (χ3n) is 5.44. The van der Waals surface area contributed by atoms with E-state index in [9.17, 15) is 8.42 Å². The smallest absolute Gasteiger partial charge is 0.238 e. The Morgan fingerprint density at radius 2 is 1.55 bits per heavy atom. The Kier molecular flexibility index (Phi) is 5.30. The van der Waals surface area contributed by atoms with E-state index in [0.717, 1.165) is 16.8 Å². The summed E-state index contributed by atoms with van der Waals surface area (Å²) in [5, 5.41) is 2.93. The predicted octanol–water partition coefficient (Wildman–Crippen LogP) is 5.31. The van der Waals surface area contributed by atoms with Crippen LogP contribution in [-0.4, -0.2) is 26.6 Å². The van der Waals surface area contributed by atoms with E-state index in [1.54, 1.807) is 6.07 Å². The number of aromatic nitrogens is 1. The summed E-state index contributed by atoms with van der Waals surface area (Å²) in [5.41, 5.74) is 3.30. The minimum Gasteiger partial charge on any atom is -0.486 e. The van der Waals surface area contributed by atoms with Gasteiger partial charge in [-0.2, -0.15) is 4.98 Å². The molecule has 4 aromatic rings. The molecule has 168 valence electrons. The van der Waals surface area contributed by atoms with E-state index in [4.69, 9.17) is 13.9 Å². The van der Waals surface area contributed by atoms with Crippen LogP contribution in [0.1, 0.15) is 11.1 Å². The zero-order valence-electron chi connectivity index (χ0n) is 18.2. The van der Waals surface area contributed by atoms with Gasteiger partial charge in [-0.25, -0.2) is 8.42 Å². The quantitative estimate of drug-likeness (QED) is 0.430. The lowest BCUT2D eigenvalue weighted by Gasteiger charge is -2.18. The number of nitrogens with one attached hydrogen (secondary N) is 1. The average molecular weight is 463 g/mol. The van der Waals surface area contributed by atoms with Crippen LogP contribution in [0.5, 0.6) is 11.5 Å². The van der Waals surface area contributed by atoms with Gasteiger partial charge in [0, 0.05) is 17.3 Å². The lowest BCUT2D eigenvalue weighted by molar-refractivity contribution is 0.171. The minimum atomic E-state index is -4.04. The van der Waals surface area contributed by atoms with Gasteiger partial charge in [0.2, 0.25) is 26.6 Å². The molecule has 33 heavy (non-hydrogen) atoms. The SMILES string of the molecule is Cc1ccccc1Nc1oc(-c2ccccc2C)nc1S(=O)(=O)c1ccc2c(c1)OCCO2. The number of fused-ring (bicyclic) bond motifs is 1. The first-order valence-corrected chi connectivity index (χ1v) is 12.0. The number of nitrogens with zero attached hydrogens (tertiary/aromatic N) is 1. The van der Waals surface area contributed by atoms with Gasteiger partial charge in [0.25, 0.3) is 0 Å². The Morgan fingerprint density at radius 1 is 0.848 bits per heavy atom. The molecule has 0 saturated heterocycles. The molecule has 2 heterocycles. The molecule has 3 aromatic carbocycles. The summed E-state index contributed by atoms with van der Waals surface area (Å²) < 4.78 is 44.5. The molecule has 1 aliphatic rings. The third kappa shape index (κ3) is 3.93. The summed E-state index contributed by atoms with van der Waals surface area (Å²) in [6, 6.07) is 19.6. The summed E-state index contributed by atoms with van der Waals surface area (Å²) in [6.45, 7) is 4.63. The van der Waals surface area contributed by atoms with E-state index < -0.39 is 9.84 Å². The molecule has 7 nitrogen and oxygen atoms in total. The molecule has 1 aromatic heterocycles. The van der Waals surface area contributed by atoms with E-state index in [1.807, 2.05) is 62.4 Å². The summed E-state index contributed by atoms with van der Waals surface area (Å²) in [4.78, 5) is 4.48. The number of hydrogen-bond acceptors (Lipinski definition) is 7. The van der Waals surface area contributed by atoms with E-state index in [-0.39, 0.29) is 21.7 Å². The van der Waals surface area contributed by atoms with Crippen molar-refractivity contribution in [1.82, 2.24) is 4.98 Å². The first-order chi connectivity index (χ1) is 15.9. The van der Waals surface area contributed by atoms with E-state index in [0.29, 0.717) is 30.3 Å². The van der Waals surface area contributed by atoms with Crippen molar-refractivity contribution >= 4 is 21.4 Å². The fraction of sp³-hybridized carbons (Fsp3) is 0.160. The van der Waals surface area contributed by atoms with E-state index >= 15 is 0 Å². The fourth-order valence-corrected chi connectivity index (χ4v) is 4.91. The standard InChI is InChI=1S/C25H22N2O5S/c1-16-7-3-5-9-19(16)23-27-25(24(32-23)26-20-10-6-4-8-17(20)2)33(28,29)18-11-12-21-22(15-18)31-14-13-30-21/h3-12,15,26H,13-14H2,1-2H3. The van der Waals surface area contributed by atoms with Crippen molar-refractivity contribution in [3.05, 3.63) is 77.9 Å². The van der Waals surface area contributed by atoms with Gasteiger partial charge in [0.1, 0.15) is 13.2 Å². The van der Waals surface area contributed by atoms with Crippen LogP contribution in [0.4, 0.5) is 11.6 Å². The van der Waals surface area contributed by atoms with Gasteiger partial charge in [-0.15, -0.1) is 0 Å². The van der Waals surface area contributed by atoms with Gasteiger partial charge in [-0.1, -0.05) is 36.4 Å². The molecule has 0 bridgehead atoms. The Hall–Kier alpha value is -3.78. The van der Waals surface area contributed by atoms with Gasteiger partial charge in [0.05, 0.1) is 4.90 Å². The van der Waals surface area contributed by atoms with Gasteiger partial charge in [0.15, 0.2) is 11.5 Å². The number of sulfone groups is 1. The highest BCUT2D eigenvalue weighted by Gasteiger charge is 2.30. The number of aryl methyl sites for hydroxylation is 2. The number of oxazole rings is 1. The maximum atomic E-state index is 13.7. The van der Waals surface area contributed by atoms with Crippen LogP contribution in [0.2, 0.25) is 0 Å². The summed E-state index contributed by atoms with van der Waals surface area (Å²) >= 11 is 0. The predicted molar refractivity (Wildman–Crippen MR) is 124 cm³/mol. The third-order valence-corrected chi connectivity index (χ3v) is 7.10. The van der Waals surface area contributed by atoms with Crippen LogP contribution >= 0.6 is 0 Å². The zero-order valence-corrected chi connectivity index (χ0v) is 19.0. The van der Waals surface area contributed by atoms with Gasteiger partial charge < -0.3 is 19.2 Å². The molecule has 8 heteroatoms. The first-order valence-electron chi connectivity index (χ1n) is 10.5. The van der Waals surface area contributed by atoms with Crippen molar-refractivity contribution in [2.45, 2.75) is 23.8 Å². The Labute approximate surface area is 191 Å². The second-order valence-corrected chi connectivity index (χ2v) is 9.58. The molecule has 0 fully saturated rings. The lowest BCUT2D eigenvalue weighted by Crippen LogP contribution is -2.16. The van der Waals surface area contributed by atoms with E-state index in [1.165, 1.54) is 12.1 Å². The van der Waals surface area contributed by atoms with Crippen LogP contribution in [0.25, 0.3) is 11.5 Å². The first kappa shape index (κ1) is 21.1. The number of anilines is 2. The molecule has 0 amide bonds. The van der Waals surface area contributed by atoms with Crippen molar-refractivity contribution in [1.29, 1.82) is 0 Å². The van der Waals surface area contributed by atoms with Crippen LogP contribution in [0, 0.1) is 13.8 Å². The molecule has 0 unspecified atom stereocenters. The zero-order chi connectivity index (χ0) is 23.0. The highest BCUT2D eigenvalue weighted by molar-refractivity contribution is 7.91. The molecule has 0 aliphatic carbocycles. The summed E-state index contributed by atoms with van der Waals surface area (Å²) in [5.74, 6) is 1.18. The molecule has 5 rings (SSSR count). The average Bonchev–Trinajstić information content (AvgIpc) is 3.25. The minimum absolute atomic E-state index is 0.0456. The molecule has 0 spiro atoms. The van der Waals surface area contributed by atoms with Gasteiger partial charge in [-0.05, 0) is 49.2 Å². The Morgan fingerprint density at radius 3 is 2.30 bits per heavy atom. The number of para-hydroxylation sites is 1. The van der Waals surface area contributed by atoms with Crippen LogP contribution in [0.3, 0.4) is 0 Å². The molecular weight excluding hydrogens is 440 g/mol. The number of ether oxygens (including phenoxy) is 2. The maximum Gasteiger partial charge on any atom is 0.238 e. The highest BCUT2D eigenvalue weighted by Crippen LogP contribution is 2.38. The molecule has 0 atom stereocenters. The van der Waals surface area contributed by atoms with Gasteiger partial charge in [-0.3, -0.25) is 0 Å². The second kappa shape index (κ2) is 8.29. The van der Waals surface area contributed by atoms with Crippen LogP contribution in [0.15, 0.2) is 81.1 Å². The van der Waals surface area contributed by atoms with Crippen LogP contribution < -0.4 is 14.8 Å². The molecule has 1 N–H and O–H groups in total. The fourth-order valence-electron chi connectivity index (χ4n) is 3.63. The number of hydrogen-bond donors (Lipinski definition) is 1. The maximum absolute atomic E-state index is 13.7. The summed E-state index contributed by atoms with van der Waals surface area (Å²) in [7, 11) is -4.04. The normalized spacial score (nSPS) is 13.0. The number of benzene rings is 3. The van der Waals surface area contributed by atoms with Gasteiger partial charge >= 0.3 is 0 Å². The largest absolute Gasteiger partial charge is 0.486 e. The van der Waals surface area contributed by atoms with Crippen molar-refractivity contribution in [3.63, 3.8) is 0 Å². The topological polar surface area (TPSA) is 90.7 Å². The second-order valence-electron chi connectivity index (χ2n) is 7.72. The molecule has 0 radical (unpaired) electrons. The van der Waals surface area contributed by atoms with Crippen molar-refractivity contribution in [2.24, 2.45) is 0 Å². The van der Waals surface area contributed by atoms with Crippen molar-refractivity contribution < 1.29 is 22.3 Å². The Balaban J connectivity index is 1.65. The lowest BCUT2D eigenvalue weighted by atomic mass is 10.1. The van der Waals surface area contributed by atoms with Crippen molar-refractivity contribution in [2.75, 3.05) is 18.5 Å². The van der Waals surface area contributed by atoms with Crippen LogP contribution in [-0.2, 0) is 9.84 Å². The van der Waals surface area contributed by atoms with Crippen molar-refractivity contribution in [3.8, 4) is 23.0 Å². The van der Waals surface area contributed by atoms with E-state index in [2.05, 4.69) is 10.3 Å².